The lowest BCUT2D eigenvalue weighted by Crippen LogP contribution is -2.18. The van der Waals surface area contributed by atoms with Gasteiger partial charge in [0.25, 0.3) is 0 Å². The first kappa shape index (κ1) is 16.0. The fourth-order valence-electron chi connectivity index (χ4n) is 2.81. The van der Waals surface area contributed by atoms with Gasteiger partial charge in [-0.25, -0.2) is 0 Å². The van der Waals surface area contributed by atoms with E-state index in [0.717, 1.165) is 12.8 Å². The summed E-state index contributed by atoms with van der Waals surface area (Å²) >= 11 is 6.10. The van der Waals surface area contributed by atoms with Crippen LogP contribution in [0.4, 0.5) is 5.69 Å². The van der Waals surface area contributed by atoms with Crippen LogP contribution in [0.1, 0.15) is 38.5 Å². The number of amides is 1. The summed E-state index contributed by atoms with van der Waals surface area (Å²) in [5, 5.41) is 3.35. The molecule has 0 spiro atoms. The summed E-state index contributed by atoms with van der Waals surface area (Å²) in [6, 6.07) is 3.34. The SMILES string of the molecule is COc1cc(OC)c(NC(=O)CC2CCCCC2)cc1Cl. The largest absolute Gasteiger partial charge is 0.495 e. The van der Waals surface area contributed by atoms with Crippen LogP contribution in [-0.2, 0) is 4.79 Å². The Bertz CT molecular complexity index is 499. The second kappa shape index (κ2) is 7.55. The van der Waals surface area contributed by atoms with Crippen LogP contribution in [0.5, 0.6) is 11.5 Å². The van der Waals surface area contributed by atoms with E-state index in [-0.39, 0.29) is 5.91 Å². The zero-order valence-corrected chi connectivity index (χ0v) is 13.3. The summed E-state index contributed by atoms with van der Waals surface area (Å²) in [5.41, 5.74) is 0.587. The second-order valence-electron chi connectivity index (χ2n) is 5.44. The van der Waals surface area contributed by atoms with E-state index in [1.165, 1.54) is 19.3 Å². The van der Waals surface area contributed by atoms with Gasteiger partial charge in [-0.2, -0.15) is 0 Å². The molecule has 4 nitrogen and oxygen atoms in total. The van der Waals surface area contributed by atoms with Crippen molar-refractivity contribution in [2.45, 2.75) is 38.5 Å². The first-order chi connectivity index (χ1) is 10.1. The third-order valence-electron chi connectivity index (χ3n) is 3.95. The fourth-order valence-corrected chi connectivity index (χ4v) is 3.05. The number of rotatable bonds is 5. The minimum absolute atomic E-state index is 0.0152. The number of carbonyl (C=O) groups is 1. The van der Waals surface area contributed by atoms with E-state index in [1.54, 1.807) is 26.4 Å². The lowest BCUT2D eigenvalue weighted by atomic mass is 9.87. The van der Waals surface area contributed by atoms with Crippen molar-refractivity contribution >= 4 is 23.2 Å². The van der Waals surface area contributed by atoms with Crippen molar-refractivity contribution in [1.82, 2.24) is 0 Å². The van der Waals surface area contributed by atoms with Gasteiger partial charge >= 0.3 is 0 Å². The molecular weight excluding hydrogens is 290 g/mol. The third-order valence-corrected chi connectivity index (χ3v) is 4.24. The predicted octanol–water partition coefficient (Wildman–Crippen LogP) is 4.27. The molecule has 116 valence electrons. The number of halogens is 1. The summed E-state index contributed by atoms with van der Waals surface area (Å²) in [7, 11) is 3.10. The molecule has 0 aromatic heterocycles. The molecule has 0 bridgehead atoms. The van der Waals surface area contributed by atoms with Crippen LogP contribution >= 0.6 is 11.6 Å². The Morgan fingerprint density at radius 3 is 2.48 bits per heavy atom. The molecule has 5 heteroatoms. The summed E-state index contributed by atoms with van der Waals surface area (Å²) in [5.74, 6) is 1.59. The highest BCUT2D eigenvalue weighted by atomic mass is 35.5. The number of carbonyl (C=O) groups excluding carboxylic acids is 1. The molecule has 1 aromatic carbocycles. The molecule has 0 aliphatic heterocycles. The van der Waals surface area contributed by atoms with E-state index in [0.29, 0.717) is 34.5 Å². The maximum atomic E-state index is 12.2. The standard InChI is InChI=1S/C16H22ClNO3/c1-20-14-10-15(21-2)13(9-12(14)17)18-16(19)8-11-6-4-3-5-7-11/h9-11H,3-8H2,1-2H3,(H,18,19). The van der Waals surface area contributed by atoms with Gasteiger partial charge < -0.3 is 14.8 Å². The van der Waals surface area contributed by atoms with Crippen molar-refractivity contribution in [2.75, 3.05) is 19.5 Å². The number of ether oxygens (including phenoxy) is 2. The molecule has 1 fully saturated rings. The Labute approximate surface area is 130 Å². The molecule has 21 heavy (non-hydrogen) atoms. The van der Waals surface area contributed by atoms with Gasteiger partial charge in [-0.15, -0.1) is 0 Å². The van der Waals surface area contributed by atoms with Gasteiger partial charge in [-0.3, -0.25) is 4.79 Å². The van der Waals surface area contributed by atoms with Crippen LogP contribution in [0.15, 0.2) is 12.1 Å². The molecule has 2 rings (SSSR count). The quantitative estimate of drug-likeness (QED) is 0.883. The molecule has 1 aliphatic carbocycles. The van der Waals surface area contributed by atoms with Gasteiger partial charge in [0.15, 0.2) is 0 Å². The van der Waals surface area contributed by atoms with Crippen LogP contribution in [0.25, 0.3) is 0 Å². The Morgan fingerprint density at radius 2 is 1.86 bits per heavy atom. The lowest BCUT2D eigenvalue weighted by Gasteiger charge is -2.21. The van der Waals surface area contributed by atoms with E-state index >= 15 is 0 Å². The summed E-state index contributed by atoms with van der Waals surface area (Å²) in [4.78, 5) is 12.2. The highest BCUT2D eigenvalue weighted by molar-refractivity contribution is 6.32. The van der Waals surface area contributed by atoms with E-state index in [9.17, 15) is 4.79 Å². The van der Waals surface area contributed by atoms with Crippen molar-refractivity contribution in [1.29, 1.82) is 0 Å². The number of methoxy groups -OCH3 is 2. The lowest BCUT2D eigenvalue weighted by molar-refractivity contribution is -0.117. The van der Waals surface area contributed by atoms with Gasteiger partial charge in [0.1, 0.15) is 11.5 Å². The average Bonchev–Trinajstić information content (AvgIpc) is 2.48. The summed E-state index contributed by atoms with van der Waals surface area (Å²) < 4.78 is 10.4. The van der Waals surface area contributed by atoms with Crippen LogP contribution < -0.4 is 14.8 Å². The molecule has 1 aliphatic rings. The second-order valence-corrected chi connectivity index (χ2v) is 5.85. The van der Waals surface area contributed by atoms with Crippen molar-refractivity contribution < 1.29 is 14.3 Å². The molecule has 0 radical (unpaired) electrons. The molecule has 1 aromatic rings. The topological polar surface area (TPSA) is 47.6 Å². The molecule has 1 amide bonds. The van der Waals surface area contributed by atoms with Gasteiger partial charge in [-0.05, 0) is 24.8 Å². The maximum absolute atomic E-state index is 12.2. The molecule has 1 saturated carbocycles. The molecule has 0 saturated heterocycles. The Hall–Kier alpha value is -1.42. The molecule has 0 heterocycles. The summed E-state index contributed by atoms with van der Waals surface area (Å²) in [6.07, 6.45) is 6.61. The molecular formula is C16H22ClNO3. The normalized spacial score (nSPS) is 15.6. The van der Waals surface area contributed by atoms with Crippen molar-refractivity contribution in [2.24, 2.45) is 5.92 Å². The minimum Gasteiger partial charge on any atom is -0.495 e. The van der Waals surface area contributed by atoms with Gasteiger partial charge in [0, 0.05) is 12.5 Å². The molecule has 0 unspecified atom stereocenters. The van der Waals surface area contributed by atoms with Crippen LogP contribution in [0.3, 0.4) is 0 Å². The van der Waals surface area contributed by atoms with Crippen LogP contribution in [0, 0.1) is 5.92 Å². The Morgan fingerprint density at radius 1 is 1.19 bits per heavy atom. The van der Waals surface area contributed by atoms with Gasteiger partial charge in [-0.1, -0.05) is 30.9 Å². The molecule has 0 atom stereocenters. The van der Waals surface area contributed by atoms with Crippen molar-refractivity contribution in [3.63, 3.8) is 0 Å². The third kappa shape index (κ3) is 4.27. The zero-order valence-electron chi connectivity index (χ0n) is 12.6. The van der Waals surface area contributed by atoms with Gasteiger partial charge in [0.05, 0.1) is 24.9 Å². The number of nitrogens with one attached hydrogen (secondary N) is 1. The van der Waals surface area contributed by atoms with E-state index in [4.69, 9.17) is 21.1 Å². The highest BCUT2D eigenvalue weighted by Gasteiger charge is 2.18. The predicted molar refractivity (Wildman–Crippen MR) is 84.4 cm³/mol. The van der Waals surface area contributed by atoms with Crippen LogP contribution in [-0.4, -0.2) is 20.1 Å². The maximum Gasteiger partial charge on any atom is 0.224 e. The Kier molecular flexibility index (Phi) is 5.74. The number of anilines is 1. The number of hydrogen-bond donors (Lipinski definition) is 1. The Balaban J connectivity index is 2.03. The summed E-state index contributed by atoms with van der Waals surface area (Å²) in [6.45, 7) is 0. The first-order valence-corrected chi connectivity index (χ1v) is 7.73. The fraction of sp³-hybridized carbons (Fsp3) is 0.562. The number of benzene rings is 1. The van der Waals surface area contributed by atoms with Crippen molar-refractivity contribution in [3.05, 3.63) is 17.2 Å². The monoisotopic (exact) mass is 311 g/mol. The van der Waals surface area contributed by atoms with Crippen molar-refractivity contribution in [3.8, 4) is 11.5 Å². The minimum atomic E-state index is 0.0152. The zero-order chi connectivity index (χ0) is 15.2. The molecule has 1 N–H and O–H groups in total. The number of hydrogen-bond acceptors (Lipinski definition) is 3. The van der Waals surface area contributed by atoms with E-state index in [1.807, 2.05) is 0 Å². The van der Waals surface area contributed by atoms with Crippen LogP contribution in [0.2, 0.25) is 5.02 Å². The van der Waals surface area contributed by atoms with E-state index in [2.05, 4.69) is 5.32 Å². The van der Waals surface area contributed by atoms with E-state index < -0.39 is 0 Å². The highest BCUT2D eigenvalue weighted by Crippen LogP contribution is 2.36. The smallest absolute Gasteiger partial charge is 0.224 e. The first-order valence-electron chi connectivity index (χ1n) is 7.35. The van der Waals surface area contributed by atoms with Gasteiger partial charge in [0.2, 0.25) is 5.91 Å². The average molecular weight is 312 g/mol.